The van der Waals surface area contributed by atoms with E-state index in [1.807, 2.05) is 43.3 Å². The van der Waals surface area contributed by atoms with E-state index in [0.29, 0.717) is 6.42 Å². The number of aliphatic carboxylic acids is 1. The van der Waals surface area contributed by atoms with Crippen molar-refractivity contribution in [3.05, 3.63) is 42.0 Å². The van der Waals surface area contributed by atoms with Crippen LogP contribution >= 0.6 is 0 Å². The van der Waals surface area contributed by atoms with E-state index in [1.54, 1.807) is 34.8 Å². The normalized spacial score (nSPS) is 13.3. The van der Waals surface area contributed by atoms with Crippen LogP contribution in [-0.4, -0.2) is 48.4 Å². The van der Waals surface area contributed by atoms with Crippen LogP contribution in [0.1, 0.15) is 52.5 Å². The molecule has 2 aromatic rings. The van der Waals surface area contributed by atoms with Gasteiger partial charge in [0.25, 0.3) is 0 Å². The first-order chi connectivity index (χ1) is 13.9. The molecule has 0 saturated heterocycles. The van der Waals surface area contributed by atoms with Gasteiger partial charge in [0.2, 0.25) is 0 Å². The van der Waals surface area contributed by atoms with Crippen molar-refractivity contribution in [1.82, 2.24) is 0 Å². The number of Topliss-reactive ketones (excluding diaryl/α,β-unsaturated/α-hetero) is 1. The van der Waals surface area contributed by atoms with Gasteiger partial charge in [0.1, 0.15) is 18.0 Å². The molecular weight excluding hydrogens is 384 g/mol. The lowest BCUT2D eigenvalue weighted by molar-refractivity contribution is -0.151. The molecule has 1 N–H and O–H groups in total. The molecule has 0 amide bonds. The molecule has 2 rings (SSSR count). The molecule has 0 aromatic heterocycles. The number of carbonyl (C=O) groups excluding carboxylic acids is 1. The highest BCUT2D eigenvalue weighted by atomic mass is 16.5. The van der Waals surface area contributed by atoms with Crippen LogP contribution in [0.4, 0.5) is 0 Å². The van der Waals surface area contributed by atoms with Crippen molar-refractivity contribution in [2.45, 2.75) is 58.2 Å². The quantitative estimate of drug-likeness (QED) is 0.577. The lowest BCUT2D eigenvalue weighted by atomic mass is 9.86. The second-order valence-electron chi connectivity index (χ2n) is 8.61. The molecule has 0 fully saturated rings. The number of rotatable bonds is 11. The second-order valence-corrected chi connectivity index (χ2v) is 8.61. The summed E-state index contributed by atoms with van der Waals surface area (Å²) in [6.07, 6.45) is 0.475. The van der Waals surface area contributed by atoms with E-state index in [0.717, 1.165) is 22.1 Å². The summed E-state index contributed by atoms with van der Waals surface area (Å²) in [5.41, 5.74) is -0.695. The van der Waals surface area contributed by atoms with Crippen LogP contribution in [0.3, 0.4) is 0 Å². The molecule has 0 aliphatic rings. The highest BCUT2D eigenvalue weighted by Gasteiger charge is 2.34. The maximum absolute atomic E-state index is 13.1. The number of carboxylic acid groups (broad SMARTS) is 1. The van der Waals surface area contributed by atoms with E-state index < -0.39 is 17.2 Å². The van der Waals surface area contributed by atoms with E-state index in [2.05, 4.69) is 0 Å². The predicted octanol–water partition coefficient (Wildman–Crippen LogP) is 4.59. The van der Waals surface area contributed by atoms with Gasteiger partial charge in [0.15, 0.2) is 5.78 Å². The summed E-state index contributed by atoms with van der Waals surface area (Å²) in [7, 11) is 1.64. The average Bonchev–Trinajstić information content (AvgIpc) is 2.70. The predicted molar refractivity (Wildman–Crippen MR) is 116 cm³/mol. The third-order valence-corrected chi connectivity index (χ3v) is 5.31. The Labute approximate surface area is 178 Å². The van der Waals surface area contributed by atoms with Gasteiger partial charge in [-0.3, -0.25) is 4.79 Å². The Morgan fingerprint density at radius 2 is 1.63 bits per heavy atom. The molecule has 30 heavy (non-hydrogen) atoms. The Hall–Kier alpha value is -2.44. The Morgan fingerprint density at radius 1 is 1.00 bits per heavy atom. The molecule has 0 bridgehead atoms. The fourth-order valence-corrected chi connectivity index (χ4v) is 3.26. The Balaban J connectivity index is 2.03. The first-order valence-corrected chi connectivity index (χ1v) is 10.1. The van der Waals surface area contributed by atoms with Crippen LogP contribution in [0.25, 0.3) is 10.8 Å². The number of carboxylic acids is 1. The van der Waals surface area contributed by atoms with Gasteiger partial charge < -0.3 is 19.3 Å². The van der Waals surface area contributed by atoms with Gasteiger partial charge in [0, 0.05) is 5.92 Å². The molecule has 0 aliphatic carbocycles. The number of methoxy groups -OCH3 is 1. The summed E-state index contributed by atoms with van der Waals surface area (Å²) < 4.78 is 16.5. The zero-order valence-electron chi connectivity index (χ0n) is 18.7. The molecule has 0 saturated carbocycles. The summed E-state index contributed by atoms with van der Waals surface area (Å²) in [6, 6.07) is 11.8. The highest BCUT2D eigenvalue weighted by molar-refractivity contribution is 5.93. The number of ketones is 1. The van der Waals surface area contributed by atoms with Crippen molar-refractivity contribution in [1.29, 1.82) is 0 Å². The molecule has 6 heteroatoms. The highest BCUT2D eigenvalue weighted by Crippen LogP contribution is 2.29. The summed E-state index contributed by atoms with van der Waals surface area (Å²) in [5, 5.41) is 10.9. The van der Waals surface area contributed by atoms with Gasteiger partial charge >= 0.3 is 5.97 Å². The summed E-state index contributed by atoms with van der Waals surface area (Å²) in [6.45, 7) is 8.96. The van der Waals surface area contributed by atoms with Crippen molar-refractivity contribution < 1.29 is 28.9 Å². The van der Waals surface area contributed by atoms with Crippen molar-refractivity contribution in [2.24, 2.45) is 0 Å². The molecule has 0 radical (unpaired) electrons. The van der Waals surface area contributed by atoms with Crippen LogP contribution in [0.5, 0.6) is 5.75 Å². The minimum absolute atomic E-state index is 0.0142. The molecule has 6 nitrogen and oxygen atoms in total. The summed E-state index contributed by atoms with van der Waals surface area (Å²) in [5.74, 6) is -0.561. The zero-order valence-corrected chi connectivity index (χ0v) is 18.7. The molecule has 1 atom stereocenters. The minimum Gasteiger partial charge on any atom is -0.497 e. The van der Waals surface area contributed by atoms with Crippen molar-refractivity contribution >= 4 is 22.5 Å². The lowest BCUT2D eigenvalue weighted by Gasteiger charge is -2.30. The van der Waals surface area contributed by atoms with Gasteiger partial charge in [-0.15, -0.1) is 0 Å². The smallest absolute Gasteiger partial charge is 0.329 e. The maximum Gasteiger partial charge on any atom is 0.329 e. The largest absolute Gasteiger partial charge is 0.497 e. The van der Waals surface area contributed by atoms with Crippen molar-refractivity contribution in [3.63, 3.8) is 0 Å². The SMILES string of the molecule is COc1ccc2cc(C(C)C(=O)C(C)(C)OCCC(C)(C)OCC(=O)O)ccc2c1. The van der Waals surface area contributed by atoms with Gasteiger partial charge in [-0.05, 0) is 62.6 Å². The minimum atomic E-state index is -1.01. The topological polar surface area (TPSA) is 82.1 Å². The van der Waals surface area contributed by atoms with Gasteiger partial charge in [-0.2, -0.15) is 0 Å². The Kier molecular flexibility index (Phi) is 7.61. The van der Waals surface area contributed by atoms with E-state index in [-0.39, 0.29) is 24.9 Å². The first-order valence-electron chi connectivity index (χ1n) is 10.1. The van der Waals surface area contributed by atoms with Crippen LogP contribution in [-0.2, 0) is 19.1 Å². The number of fused-ring (bicyclic) bond motifs is 1. The fourth-order valence-electron chi connectivity index (χ4n) is 3.26. The number of hydrogen-bond donors (Lipinski definition) is 1. The second kappa shape index (κ2) is 9.58. The van der Waals surface area contributed by atoms with Crippen LogP contribution < -0.4 is 4.74 Å². The number of carbonyl (C=O) groups is 2. The monoisotopic (exact) mass is 416 g/mol. The van der Waals surface area contributed by atoms with Crippen molar-refractivity contribution in [2.75, 3.05) is 20.3 Å². The summed E-state index contributed by atoms with van der Waals surface area (Å²) >= 11 is 0. The molecule has 164 valence electrons. The standard InChI is InChI=1S/C24H32O6/c1-16(17-7-8-19-14-20(28-6)10-9-18(19)13-17)22(27)24(4,5)29-12-11-23(2,3)30-15-21(25)26/h7-10,13-14,16H,11-12,15H2,1-6H3,(H,25,26). The Morgan fingerprint density at radius 3 is 2.27 bits per heavy atom. The number of ether oxygens (including phenoxy) is 3. The van der Waals surface area contributed by atoms with E-state index in [9.17, 15) is 9.59 Å². The van der Waals surface area contributed by atoms with Crippen LogP contribution in [0.2, 0.25) is 0 Å². The molecule has 2 aromatic carbocycles. The molecule has 0 heterocycles. The van der Waals surface area contributed by atoms with Gasteiger partial charge in [-0.25, -0.2) is 4.79 Å². The third-order valence-electron chi connectivity index (χ3n) is 5.31. The Bertz CT molecular complexity index is 900. The van der Waals surface area contributed by atoms with Gasteiger partial charge in [-0.1, -0.05) is 31.2 Å². The van der Waals surface area contributed by atoms with Crippen molar-refractivity contribution in [3.8, 4) is 5.75 Å². The van der Waals surface area contributed by atoms with E-state index in [4.69, 9.17) is 19.3 Å². The first kappa shape index (κ1) is 23.8. The molecule has 0 spiro atoms. The average molecular weight is 417 g/mol. The number of hydrogen-bond acceptors (Lipinski definition) is 5. The molecular formula is C24H32O6. The van der Waals surface area contributed by atoms with E-state index >= 15 is 0 Å². The lowest BCUT2D eigenvalue weighted by Crippen LogP contribution is -2.39. The third kappa shape index (κ3) is 6.28. The summed E-state index contributed by atoms with van der Waals surface area (Å²) in [4.78, 5) is 23.8. The van der Waals surface area contributed by atoms with Crippen LogP contribution in [0.15, 0.2) is 36.4 Å². The number of benzene rings is 2. The fraction of sp³-hybridized carbons (Fsp3) is 0.500. The zero-order chi connectivity index (χ0) is 22.5. The maximum atomic E-state index is 13.1. The van der Waals surface area contributed by atoms with E-state index in [1.165, 1.54) is 0 Å². The van der Waals surface area contributed by atoms with Gasteiger partial charge in [0.05, 0.1) is 19.3 Å². The molecule has 0 aliphatic heterocycles. The van der Waals surface area contributed by atoms with Crippen LogP contribution in [0, 0.1) is 0 Å². The molecule has 1 unspecified atom stereocenters.